The summed E-state index contributed by atoms with van der Waals surface area (Å²) < 4.78 is 4.98. The summed E-state index contributed by atoms with van der Waals surface area (Å²) in [4.78, 5) is 20.5. The summed E-state index contributed by atoms with van der Waals surface area (Å²) in [5, 5.41) is 2.92. The molecule has 2 aromatic rings. The van der Waals surface area contributed by atoms with Crippen LogP contribution in [0, 0.1) is 12.3 Å². The summed E-state index contributed by atoms with van der Waals surface area (Å²) in [6, 6.07) is 9.49. The third-order valence-corrected chi connectivity index (χ3v) is 2.67. The monoisotopic (exact) mass is 281 g/mol. The van der Waals surface area contributed by atoms with Crippen molar-refractivity contribution in [1.29, 1.82) is 0 Å². The number of nitrogens with zero attached hydrogens (tertiary/aromatic N) is 2. The molecule has 106 valence electrons. The second-order valence-corrected chi connectivity index (χ2v) is 4.10. The second kappa shape index (κ2) is 7.06. The van der Waals surface area contributed by atoms with E-state index in [-0.39, 0.29) is 18.7 Å². The highest BCUT2D eigenvalue weighted by molar-refractivity contribution is 5.94. The molecular weight excluding hydrogens is 266 g/mol. The van der Waals surface area contributed by atoms with E-state index in [0.29, 0.717) is 11.6 Å². The number of carbonyl (C=O) groups excluding carboxylic acids is 1. The fourth-order valence-corrected chi connectivity index (χ4v) is 1.74. The molecule has 0 amide bonds. The van der Waals surface area contributed by atoms with Gasteiger partial charge in [-0.2, -0.15) is 0 Å². The van der Waals surface area contributed by atoms with Crippen LogP contribution in [0.15, 0.2) is 36.5 Å². The number of rotatable bonds is 5. The molecule has 5 nitrogen and oxygen atoms in total. The van der Waals surface area contributed by atoms with E-state index in [9.17, 15) is 4.79 Å². The van der Waals surface area contributed by atoms with Gasteiger partial charge in [-0.25, -0.2) is 14.8 Å². The van der Waals surface area contributed by atoms with Crippen molar-refractivity contribution in [2.75, 3.05) is 18.5 Å². The first kappa shape index (κ1) is 14.5. The largest absolute Gasteiger partial charge is 0.462 e. The van der Waals surface area contributed by atoms with Gasteiger partial charge in [0.2, 0.25) is 0 Å². The highest BCUT2D eigenvalue weighted by Crippen LogP contribution is 2.19. The van der Waals surface area contributed by atoms with Crippen molar-refractivity contribution in [2.24, 2.45) is 0 Å². The van der Waals surface area contributed by atoms with Gasteiger partial charge in [0.05, 0.1) is 13.2 Å². The van der Waals surface area contributed by atoms with Crippen molar-refractivity contribution in [3.8, 4) is 23.7 Å². The van der Waals surface area contributed by atoms with Crippen molar-refractivity contribution in [2.45, 2.75) is 6.92 Å². The molecule has 0 spiro atoms. The van der Waals surface area contributed by atoms with Crippen molar-refractivity contribution in [1.82, 2.24) is 9.97 Å². The molecule has 0 aliphatic rings. The van der Waals surface area contributed by atoms with E-state index < -0.39 is 5.97 Å². The van der Waals surface area contributed by atoms with Gasteiger partial charge < -0.3 is 10.1 Å². The van der Waals surface area contributed by atoms with E-state index in [1.54, 1.807) is 6.92 Å². The number of ether oxygens (including phenoxy) is 1. The lowest BCUT2D eigenvalue weighted by Gasteiger charge is -2.10. The molecule has 0 radical (unpaired) electrons. The molecule has 0 bridgehead atoms. The van der Waals surface area contributed by atoms with Crippen LogP contribution in [-0.2, 0) is 4.74 Å². The van der Waals surface area contributed by atoms with Gasteiger partial charge >= 0.3 is 5.97 Å². The lowest BCUT2D eigenvalue weighted by Crippen LogP contribution is -2.13. The van der Waals surface area contributed by atoms with Gasteiger partial charge in [-0.05, 0) is 6.92 Å². The van der Waals surface area contributed by atoms with Gasteiger partial charge in [0.1, 0.15) is 11.4 Å². The number of esters is 1. The predicted molar refractivity (Wildman–Crippen MR) is 80.7 cm³/mol. The normalized spacial score (nSPS) is 9.71. The molecule has 1 aromatic carbocycles. The lowest BCUT2D eigenvalue weighted by molar-refractivity contribution is 0.0526. The minimum atomic E-state index is -0.475. The van der Waals surface area contributed by atoms with E-state index in [1.807, 2.05) is 30.3 Å². The summed E-state index contributed by atoms with van der Waals surface area (Å²) in [6.45, 7) is 2.29. The summed E-state index contributed by atoms with van der Waals surface area (Å²) >= 11 is 0. The maximum Gasteiger partial charge on any atom is 0.343 e. The molecule has 21 heavy (non-hydrogen) atoms. The van der Waals surface area contributed by atoms with Gasteiger partial charge in [-0.1, -0.05) is 36.3 Å². The minimum Gasteiger partial charge on any atom is -0.462 e. The third-order valence-electron chi connectivity index (χ3n) is 2.67. The Morgan fingerprint density at radius 2 is 2.14 bits per heavy atom. The van der Waals surface area contributed by atoms with Crippen LogP contribution < -0.4 is 5.32 Å². The van der Waals surface area contributed by atoms with Crippen LogP contribution in [0.5, 0.6) is 0 Å². The van der Waals surface area contributed by atoms with Crippen LogP contribution in [0.3, 0.4) is 0 Å². The third kappa shape index (κ3) is 3.57. The molecule has 0 aliphatic carbocycles. The highest BCUT2D eigenvalue weighted by Gasteiger charge is 2.16. The minimum absolute atomic E-state index is 0.262. The molecule has 0 aliphatic heterocycles. The van der Waals surface area contributed by atoms with Crippen LogP contribution >= 0.6 is 0 Å². The Bertz CT molecular complexity index is 663. The first-order valence-electron chi connectivity index (χ1n) is 6.53. The molecule has 5 heteroatoms. The SMILES string of the molecule is C#CCNc1nc(-c2ccccc2)ncc1C(=O)OCC. The van der Waals surface area contributed by atoms with Gasteiger partial charge in [0, 0.05) is 11.8 Å². The number of terminal acetylenes is 1. The van der Waals surface area contributed by atoms with Gasteiger partial charge in [-0.15, -0.1) is 6.42 Å². The number of carbonyl (C=O) groups is 1. The number of hydrogen-bond donors (Lipinski definition) is 1. The van der Waals surface area contributed by atoms with Crippen LogP contribution in [0.2, 0.25) is 0 Å². The molecule has 0 atom stereocenters. The first-order valence-corrected chi connectivity index (χ1v) is 6.53. The maximum atomic E-state index is 11.9. The second-order valence-electron chi connectivity index (χ2n) is 4.10. The summed E-state index contributed by atoms with van der Waals surface area (Å²) in [6.07, 6.45) is 6.69. The van der Waals surface area contributed by atoms with E-state index in [4.69, 9.17) is 11.2 Å². The zero-order chi connectivity index (χ0) is 15.1. The van der Waals surface area contributed by atoms with E-state index in [2.05, 4.69) is 21.2 Å². The predicted octanol–water partition coefficient (Wildman–Crippen LogP) is 2.37. The Morgan fingerprint density at radius 1 is 1.38 bits per heavy atom. The quantitative estimate of drug-likeness (QED) is 0.673. The number of aromatic nitrogens is 2. The Kier molecular flexibility index (Phi) is 4.89. The fraction of sp³-hybridized carbons (Fsp3) is 0.188. The first-order chi connectivity index (χ1) is 10.3. The van der Waals surface area contributed by atoms with Crippen molar-refractivity contribution in [3.63, 3.8) is 0 Å². The van der Waals surface area contributed by atoms with Crippen molar-refractivity contribution < 1.29 is 9.53 Å². The summed E-state index contributed by atoms with van der Waals surface area (Å²) in [5.41, 5.74) is 1.13. The maximum absolute atomic E-state index is 11.9. The smallest absolute Gasteiger partial charge is 0.343 e. The molecular formula is C16H15N3O2. The highest BCUT2D eigenvalue weighted by atomic mass is 16.5. The lowest BCUT2D eigenvalue weighted by atomic mass is 10.2. The standard InChI is InChI=1S/C16H15N3O2/c1-3-10-17-15-13(16(20)21-4-2)11-18-14(19-15)12-8-6-5-7-9-12/h1,5-9,11H,4,10H2,2H3,(H,17,18,19). The molecule has 1 aromatic heterocycles. The Balaban J connectivity index is 2.40. The molecule has 2 rings (SSSR count). The molecule has 1 N–H and O–H groups in total. The van der Waals surface area contributed by atoms with Gasteiger partial charge in [0.25, 0.3) is 0 Å². The van der Waals surface area contributed by atoms with E-state index in [1.165, 1.54) is 6.20 Å². The Morgan fingerprint density at radius 3 is 2.81 bits per heavy atom. The number of benzene rings is 1. The Labute approximate surface area is 123 Å². The van der Waals surface area contributed by atoms with Crippen molar-refractivity contribution >= 4 is 11.8 Å². The number of anilines is 1. The van der Waals surface area contributed by atoms with E-state index >= 15 is 0 Å². The molecule has 0 fully saturated rings. The average molecular weight is 281 g/mol. The van der Waals surface area contributed by atoms with Crippen LogP contribution in [-0.4, -0.2) is 29.1 Å². The van der Waals surface area contributed by atoms with Gasteiger partial charge in [0.15, 0.2) is 5.82 Å². The molecule has 0 saturated carbocycles. The molecule has 0 saturated heterocycles. The molecule has 1 heterocycles. The van der Waals surface area contributed by atoms with Crippen molar-refractivity contribution in [3.05, 3.63) is 42.1 Å². The zero-order valence-electron chi connectivity index (χ0n) is 11.7. The summed E-state index contributed by atoms with van der Waals surface area (Å²) in [7, 11) is 0. The topological polar surface area (TPSA) is 64.1 Å². The van der Waals surface area contributed by atoms with Crippen LogP contribution in [0.25, 0.3) is 11.4 Å². The van der Waals surface area contributed by atoms with Gasteiger partial charge in [-0.3, -0.25) is 0 Å². The number of hydrogen-bond acceptors (Lipinski definition) is 5. The molecule has 0 unspecified atom stereocenters. The summed E-state index contributed by atoms with van der Waals surface area (Å²) in [5.74, 6) is 2.87. The average Bonchev–Trinajstić information content (AvgIpc) is 2.53. The van der Waals surface area contributed by atoms with Crippen LogP contribution in [0.4, 0.5) is 5.82 Å². The fourth-order valence-electron chi connectivity index (χ4n) is 1.74. The van der Waals surface area contributed by atoms with Crippen LogP contribution in [0.1, 0.15) is 17.3 Å². The Hall–Kier alpha value is -2.87. The zero-order valence-corrected chi connectivity index (χ0v) is 11.7. The number of nitrogens with one attached hydrogen (secondary N) is 1. The van der Waals surface area contributed by atoms with E-state index in [0.717, 1.165) is 5.56 Å².